The van der Waals surface area contributed by atoms with E-state index < -0.39 is 6.10 Å². The quantitative estimate of drug-likeness (QED) is 0.751. The Hall–Kier alpha value is -1.10. The zero-order valence-corrected chi connectivity index (χ0v) is 10.3. The van der Waals surface area contributed by atoms with Gasteiger partial charge in [0.05, 0.1) is 13.0 Å². The molecule has 1 heterocycles. The third kappa shape index (κ3) is 3.19. The smallest absolute Gasteiger partial charge is 0.249 e. The highest BCUT2D eigenvalue weighted by atomic mass is 16.5. The first-order chi connectivity index (χ1) is 8.22. The van der Waals surface area contributed by atoms with Crippen molar-refractivity contribution in [3.63, 3.8) is 0 Å². The minimum absolute atomic E-state index is 0.0522. The van der Waals surface area contributed by atoms with Crippen LogP contribution in [0.4, 0.5) is 0 Å². The number of nitrogens with one attached hydrogen (secondary N) is 1. The zero-order chi connectivity index (χ0) is 12.3. The molecule has 5 heteroatoms. The largest absolute Gasteiger partial charge is 0.366 e. The van der Waals surface area contributed by atoms with Gasteiger partial charge in [-0.05, 0) is 19.3 Å². The predicted molar refractivity (Wildman–Crippen MR) is 62.4 cm³/mol. The Morgan fingerprint density at radius 2 is 2.29 bits per heavy atom. The molecule has 1 aliphatic carbocycles. The van der Waals surface area contributed by atoms with E-state index in [0.29, 0.717) is 19.2 Å². The van der Waals surface area contributed by atoms with Crippen molar-refractivity contribution in [2.24, 2.45) is 0 Å². The molecule has 1 unspecified atom stereocenters. The Labute approximate surface area is 101 Å². The van der Waals surface area contributed by atoms with Gasteiger partial charge in [0.25, 0.3) is 0 Å². The number of rotatable bonds is 5. The molecule has 1 N–H and O–H groups in total. The van der Waals surface area contributed by atoms with Crippen molar-refractivity contribution in [2.75, 3.05) is 19.7 Å². The normalized spacial score (nSPS) is 24.3. The van der Waals surface area contributed by atoms with Gasteiger partial charge in [0.1, 0.15) is 6.10 Å². The molecule has 96 valence electrons. The second-order valence-electron chi connectivity index (χ2n) is 4.67. The molecule has 5 nitrogen and oxygen atoms in total. The molecule has 0 bridgehead atoms. The molecule has 2 fully saturated rings. The molecule has 0 aromatic heterocycles. The van der Waals surface area contributed by atoms with E-state index in [1.54, 1.807) is 0 Å². The van der Waals surface area contributed by atoms with Crippen molar-refractivity contribution >= 4 is 11.8 Å². The van der Waals surface area contributed by atoms with E-state index in [1.165, 1.54) is 0 Å². The summed E-state index contributed by atoms with van der Waals surface area (Å²) in [7, 11) is 0. The van der Waals surface area contributed by atoms with Crippen molar-refractivity contribution in [2.45, 2.75) is 44.8 Å². The van der Waals surface area contributed by atoms with Crippen molar-refractivity contribution in [3.05, 3.63) is 0 Å². The summed E-state index contributed by atoms with van der Waals surface area (Å²) in [4.78, 5) is 25.5. The van der Waals surface area contributed by atoms with Crippen molar-refractivity contribution in [3.8, 4) is 0 Å². The van der Waals surface area contributed by atoms with Gasteiger partial charge in [-0.15, -0.1) is 0 Å². The van der Waals surface area contributed by atoms with Crippen LogP contribution in [0.1, 0.15) is 32.6 Å². The summed E-state index contributed by atoms with van der Waals surface area (Å²) in [6, 6.07) is 0.411. The van der Waals surface area contributed by atoms with E-state index in [0.717, 1.165) is 25.8 Å². The van der Waals surface area contributed by atoms with Crippen LogP contribution in [0.5, 0.6) is 0 Å². The van der Waals surface area contributed by atoms with Crippen LogP contribution < -0.4 is 5.32 Å². The maximum atomic E-state index is 12.1. The second-order valence-corrected chi connectivity index (χ2v) is 4.67. The Bertz CT molecular complexity index is 302. The number of carbonyl (C=O) groups excluding carboxylic acids is 2. The SMILES string of the molecule is CCCN(C(=O)CC1OCCNC1=O)C1CC1. The molecule has 0 aromatic carbocycles. The number of hydrogen-bond acceptors (Lipinski definition) is 3. The number of amides is 2. The van der Waals surface area contributed by atoms with Crippen LogP contribution in [0.25, 0.3) is 0 Å². The minimum atomic E-state index is -0.589. The summed E-state index contributed by atoms with van der Waals surface area (Å²) in [5, 5.41) is 2.72. The molecule has 0 spiro atoms. The first kappa shape index (κ1) is 12.4. The van der Waals surface area contributed by atoms with Crippen LogP contribution in [0, 0.1) is 0 Å². The van der Waals surface area contributed by atoms with E-state index in [9.17, 15) is 9.59 Å². The summed E-state index contributed by atoms with van der Waals surface area (Å²) in [6.45, 7) is 3.90. The van der Waals surface area contributed by atoms with Gasteiger partial charge in [0.15, 0.2) is 0 Å². The summed E-state index contributed by atoms with van der Waals surface area (Å²) in [5.41, 5.74) is 0. The Balaban J connectivity index is 1.87. The van der Waals surface area contributed by atoms with Crippen molar-refractivity contribution in [1.29, 1.82) is 0 Å². The van der Waals surface area contributed by atoms with Crippen LogP contribution in [-0.2, 0) is 14.3 Å². The van der Waals surface area contributed by atoms with Gasteiger partial charge < -0.3 is 15.0 Å². The summed E-state index contributed by atoms with van der Waals surface area (Å²) in [5.74, 6) is -0.103. The number of hydrogen-bond donors (Lipinski definition) is 1. The lowest BCUT2D eigenvalue weighted by Crippen LogP contribution is -2.47. The zero-order valence-electron chi connectivity index (χ0n) is 10.3. The van der Waals surface area contributed by atoms with Crippen LogP contribution in [0.2, 0.25) is 0 Å². The van der Waals surface area contributed by atoms with Gasteiger partial charge >= 0.3 is 0 Å². The molecular weight excluding hydrogens is 220 g/mol. The summed E-state index contributed by atoms with van der Waals surface area (Å²) >= 11 is 0. The molecule has 2 amide bonds. The average Bonchev–Trinajstić information content (AvgIpc) is 3.13. The second kappa shape index (κ2) is 5.49. The van der Waals surface area contributed by atoms with E-state index >= 15 is 0 Å². The van der Waals surface area contributed by atoms with Crippen molar-refractivity contribution < 1.29 is 14.3 Å². The minimum Gasteiger partial charge on any atom is -0.366 e. The molecule has 2 aliphatic rings. The maximum Gasteiger partial charge on any atom is 0.249 e. The van der Waals surface area contributed by atoms with Crippen LogP contribution in [0.3, 0.4) is 0 Å². The summed E-state index contributed by atoms with van der Waals surface area (Å²) < 4.78 is 5.33. The number of ether oxygens (including phenoxy) is 1. The lowest BCUT2D eigenvalue weighted by Gasteiger charge is -2.26. The lowest BCUT2D eigenvalue weighted by molar-refractivity contribution is -0.146. The first-order valence-electron chi connectivity index (χ1n) is 6.41. The average molecular weight is 240 g/mol. The van der Waals surface area contributed by atoms with Gasteiger partial charge in [-0.2, -0.15) is 0 Å². The molecule has 2 rings (SSSR count). The molecule has 0 aromatic rings. The van der Waals surface area contributed by atoms with E-state index in [2.05, 4.69) is 12.2 Å². The number of morpholine rings is 1. The molecule has 17 heavy (non-hydrogen) atoms. The molecule has 1 saturated heterocycles. The third-order valence-corrected chi connectivity index (χ3v) is 3.15. The fourth-order valence-corrected chi connectivity index (χ4v) is 2.13. The van der Waals surface area contributed by atoms with Gasteiger partial charge in [0.2, 0.25) is 11.8 Å². The van der Waals surface area contributed by atoms with E-state index in [4.69, 9.17) is 4.74 Å². The topological polar surface area (TPSA) is 58.6 Å². The van der Waals surface area contributed by atoms with E-state index in [1.807, 2.05) is 4.90 Å². The van der Waals surface area contributed by atoms with Gasteiger partial charge in [0, 0.05) is 19.1 Å². The predicted octanol–water partition coefficient (Wildman–Crippen LogP) is 0.293. The van der Waals surface area contributed by atoms with Gasteiger partial charge in [-0.1, -0.05) is 6.92 Å². The standard InChI is InChI=1S/C12H20N2O3/c1-2-6-14(9-3-4-9)11(15)8-10-12(16)13-5-7-17-10/h9-10H,2-8H2,1H3,(H,13,16). The molecular formula is C12H20N2O3. The molecule has 0 radical (unpaired) electrons. The van der Waals surface area contributed by atoms with Gasteiger partial charge in [-0.25, -0.2) is 0 Å². The van der Waals surface area contributed by atoms with Crippen molar-refractivity contribution in [1.82, 2.24) is 10.2 Å². The van der Waals surface area contributed by atoms with Crippen LogP contribution >= 0.6 is 0 Å². The monoisotopic (exact) mass is 240 g/mol. The number of nitrogens with zero attached hydrogens (tertiary/aromatic N) is 1. The Morgan fingerprint density at radius 3 is 2.88 bits per heavy atom. The highest BCUT2D eigenvalue weighted by Gasteiger charge is 2.34. The van der Waals surface area contributed by atoms with E-state index in [-0.39, 0.29) is 18.2 Å². The Morgan fingerprint density at radius 1 is 1.53 bits per heavy atom. The van der Waals surface area contributed by atoms with Crippen LogP contribution in [-0.4, -0.2) is 48.6 Å². The highest BCUT2D eigenvalue weighted by molar-refractivity contribution is 5.88. The Kier molecular flexibility index (Phi) is 3.99. The highest BCUT2D eigenvalue weighted by Crippen LogP contribution is 2.27. The first-order valence-corrected chi connectivity index (χ1v) is 6.41. The molecule has 1 aliphatic heterocycles. The number of carbonyl (C=O) groups is 2. The third-order valence-electron chi connectivity index (χ3n) is 3.15. The molecule has 1 saturated carbocycles. The maximum absolute atomic E-state index is 12.1. The fraction of sp³-hybridized carbons (Fsp3) is 0.833. The fourth-order valence-electron chi connectivity index (χ4n) is 2.13. The van der Waals surface area contributed by atoms with Crippen LogP contribution in [0.15, 0.2) is 0 Å². The molecule has 1 atom stereocenters. The lowest BCUT2D eigenvalue weighted by atomic mass is 10.2. The summed E-state index contributed by atoms with van der Waals surface area (Å²) in [6.07, 6.45) is 2.75. The van der Waals surface area contributed by atoms with Gasteiger partial charge in [-0.3, -0.25) is 9.59 Å².